The van der Waals surface area contributed by atoms with Gasteiger partial charge >= 0.3 is 5.69 Å². The fourth-order valence-electron chi connectivity index (χ4n) is 3.27. The Morgan fingerprint density at radius 3 is 2.40 bits per heavy atom. The SMILES string of the molecule is COc1cc(C(=O)N2CCC(C(N)=O)CC2)ccc1Oc1ccc(Cl)cc1[N+](=O)[O-]. The summed E-state index contributed by atoms with van der Waals surface area (Å²) >= 11 is 5.83. The van der Waals surface area contributed by atoms with Gasteiger partial charge < -0.3 is 20.1 Å². The number of nitrogens with zero attached hydrogens (tertiary/aromatic N) is 2. The predicted octanol–water partition coefficient (Wildman–Crippen LogP) is 3.39. The lowest BCUT2D eigenvalue weighted by molar-refractivity contribution is -0.385. The van der Waals surface area contributed by atoms with E-state index in [-0.39, 0.29) is 45.7 Å². The standard InChI is InChI=1S/C20H20ClN3O6/c1-29-18-10-13(20(26)23-8-6-12(7-9-23)19(22)25)2-4-17(18)30-16-5-3-14(21)11-15(16)24(27)28/h2-5,10-12H,6-9H2,1H3,(H2,22,25). The maximum atomic E-state index is 12.8. The molecule has 0 aliphatic carbocycles. The molecule has 0 atom stereocenters. The van der Waals surface area contributed by atoms with Crippen molar-refractivity contribution < 1.29 is 24.0 Å². The summed E-state index contributed by atoms with van der Waals surface area (Å²) < 4.78 is 11.0. The Balaban J connectivity index is 1.80. The van der Waals surface area contributed by atoms with E-state index in [2.05, 4.69) is 0 Å². The number of amides is 2. The van der Waals surface area contributed by atoms with Crippen LogP contribution in [-0.4, -0.2) is 41.8 Å². The van der Waals surface area contributed by atoms with Crippen LogP contribution in [0.2, 0.25) is 5.02 Å². The molecular formula is C20H20ClN3O6. The Morgan fingerprint density at radius 2 is 1.80 bits per heavy atom. The van der Waals surface area contributed by atoms with Crippen LogP contribution in [-0.2, 0) is 4.79 Å². The zero-order chi connectivity index (χ0) is 21.8. The number of hydrogen-bond acceptors (Lipinski definition) is 6. The molecule has 10 heteroatoms. The van der Waals surface area contributed by atoms with Crippen molar-refractivity contribution in [1.82, 2.24) is 4.90 Å². The number of carbonyl (C=O) groups is 2. The van der Waals surface area contributed by atoms with E-state index in [1.165, 1.54) is 37.4 Å². The van der Waals surface area contributed by atoms with Gasteiger partial charge in [-0.15, -0.1) is 0 Å². The molecule has 0 saturated carbocycles. The van der Waals surface area contributed by atoms with Gasteiger partial charge in [0.1, 0.15) is 0 Å². The Kier molecular flexibility index (Phi) is 6.41. The number of ether oxygens (including phenoxy) is 2. The van der Waals surface area contributed by atoms with Crippen LogP contribution < -0.4 is 15.2 Å². The van der Waals surface area contributed by atoms with E-state index in [4.69, 9.17) is 26.8 Å². The molecule has 1 aliphatic rings. The molecule has 2 amide bonds. The van der Waals surface area contributed by atoms with Crippen LogP contribution in [0.25, 0.3) is 0 Å². The Labute approximate surface area is 177 Å². The zero-order valence-corrected chi connectivity index (χ0v) is 16.9. The Morgan fingerprint density at radius 1 is 1.13 bits per heavy atom. The average Bonchev–Trinajstić information content (AvgIpc) is 2.74. The fraction of sp³-hybridized carbons (Fsp3) is 0.300. The number of benzene rings is 2. The first kappa shape index (κ1) is 21.4. The van der Waals surface area contributed by atoms with Crippen molar-refractivity contribution in [2.24, 2.45) is 11.7 Å². The van der Waals surface area contributed by atoms with Gasteiger partial charge in [0.2, 0.25) is 11.7 Å². The van der Waals surface area contributed by atoms with Crippen LogP contribution in [0.15, 0.2) is 36.4 Å². The molecule has 1 fully saturated rings. The Hall–Kier alpha value is -3.33. The molecule has 2 aromatic carbocycles. The van der Waals surface area contributed by atoms with Crippen molar-refractivity contribution in [3.63, 3.8) is 0 Å². The number of piperidine rings is 1. The third kappa shape index (κ3) is 4.62. The summed E-state index contributed by atoms with van der Waals surface area (Å²) in [4.78, 5) is 36.4. The lowest BCUT2D eigenvalue weighted by Gasteiger charge is -2.30. The normalized spacial score (nSPS) is 14.3. The van der Waals surface area contributed by atoms with E-state index >= 15 is 0 Å². The second-order valence-electron chi connectivity index (χ2n) is 6.81. The van der Waals surface area contributed by atoms with Crippen molar-refractivity contribution in [2.45, 2.75) is 12.8 Å². The number of methoxy groups -OCH3 is 1. The number of nitrogens with two attached hydrogens (primary N) is 1. The predicted molar refractivity (Wildman–Crippen MR) is 109 cm³/mol. The molecular weight excluding hydrogens is 414 g/mol. The molecule has 0 unspecified atom stereocenters. The number of carbonyl (C=O) groups excluding carboxylic acids is 2. The van der Waals surface area contributed by atoms with Crippen molar-refractivity contribution in [1.29, 1.82) is 0 Å². The van der Waals surface area contributed by atoms with Crippen molar-refractivity contribution in [3.8, 4) is 17.2 Å². The summed E-state index contributed by atoms with van der Waals surface area (Å²) in [6.07, 6.45) is 1.05. The Bertz CT molecular complexity index is 989. The van der Waals surface area contributed by atoms with Gasteiger partial charge in [0.05, 0.1) is 12.0 Å². The largest absolute Gasteiger partial charge is 0.493 e. The molecule has 158 valence electrons. The molecule has 2 N–H and O–H groups in total. The molecule has 9 nitrogen and oxygen atoms in total. The number of primary amides is 1. The second-order valence-corrected chi connectivity index (χ2v) is 7.24. The summed E-state index contributed by atoms with van der Waals surface area (Å²) in [7, 11) is 1.41. The van der Waals surface area contributed by atoms with Gasteiger partial charge in [-0.25, -0.2) is 0 Å². The summed E-state index contributed by atoms with van der Waals surface area (Å²) in [5.74, 6) is -0.310. The molecule has 1 saturated heterocycles. The highest BCUT2D eigenvalue weighted by atomic mass is 35.5. The molecule has 30 heavy (non-hydrogen) atoms. The minimum Gasteiger partial charge on any atom is -0.493 e. The summed E-state index contributed by atoms with van der Waals surface area (Å²) in [5.41, 5.74) is 5.42. The lowest BCUT2D eigenvalue weighted by atomic mass is 9.96. The molecule has 0 spiro atoms. The van der Waals surface area contributed by atoms with Gasteiger partial charge in [0.15, 0.2) is 11.5 Å². The van der Waals surface area contributed by atoms with Gasteiger partial charge in [-0.1, -0.05) is 11.6 Å². The average molecular weight is 434 g/mol. The summed E-state index contributed by atoms with van der Waals surface area (Å²) in [6, 6.07) is 8.64. The molecule has 1 aliphatic heterocycles. The van der Waals surface area contributed by atoms with Gasteiger partial charge in [-0.3, -0.25) is 19.7 Å². The molecule has 3 rings (SSSR count). The fourth-order valence-corrected chi connectivity index (χ4v) is 3.44. The van der Waals surface area contributed by atoms with Crippen LogP contribution in [0.5, 0.6) is 17.2 Å². The first-order chi connectivity index (χ1) is 14.3. The second kappa shape index (κ2) is 9.00. The molecule has 0 bridgehead atoms. The van der Waals surface area contributed by atoms with E-state index in [0.717, 1.165) is 0 Å². The lowest BCUT2D eigenvalue weighted by Crippen LogP contribution is -2.41. The number of nitro benzene ring substituents is 1. The van der Waals surface area contributed by atoms with Crippen LogP contribution in [0.3, 0.4) is 0 Å². The van der Waals surface area contributed by atoms with Crippen LogP contribution in [0.4, 0.5) is 5.69 Å². The molecule has 0 radical (unpaired) electrons. The van der Waals surface area contributed by atoms with E-state index < -0.39 is 4.92 Å². The highest BCUT2D eigenvalue weighted by Crippen LogP contribution is 2.38. The molecule has 0 aromatic heterocycles. The zero-order valence-electron chi connectivity index (χ0n) is 16.2. The first-order valence-corrected chi connectivity index (χ1v) is 9.56. The maximum Gasteiger partial charge on any atom is 0.313 e. The number of rotatable bonds is 6. The van der Waals surface area contributed by atoms with Crippen molar-refractivity contribution in [2.75, 3.05) is 20.2 Å². The number of nitro groups is 1. The first-order valence-electron chi connectivity index (χ1n) is 9.18. The third-order valence-corrected chi connectivity index (χ3v) is 5.17. The topological polar surface area (TPSA) is 125 Å². The maximum absolute atomic E-state index is 12.8. The van der Waals surface area contributed by atoms with E-state index in [9.17, 15) is 19.7 Å². The smallest absolute Gasteiger partial charge is 0.313 e. The van der Waals surface area contributed by atoms with E-state index in [0.29, 0.717) is 31.5 Å². The van der Waals surface area contributed by atoms with Crippen molar-refractivity contribution in [3.05, 3.63) is 57.1 Å². The highest BCUT2D eigenvalue weighted by Gasteiger charge is 2.27. The van der Waals surface area contributed by atoms with Gasteiger partial charge in [0, 0.05) is 35.7 Å². The van der Waals surface area contributed by atoms with Gasteiger partial charge in [-0.2, -0.15) is 0 Å². The molecule has 1 heterocycles. The monoisotopic (exact) mass is 433 g/mol. The third-order valence-electron chi connectivity index (χ3n) is 4.93. The molecule has 2 aromatic rings. The summed E-state index contributed by atoms with van der Waals surface area (Å²) in [5, 5.41) is 11.5. The van der Waals surface area contributed by atoms with E-state index in [1.807, 2.05) is 0 Å². The number of halogens is 1. The van der Waals surface area contributed by atoms with Crippen LogP contribution in [0, 0.1) is 16.0 Å². The minimum absolute atomic E-state index is 0.00435. The highest BCUT2D eigenvalue weighted by molar-refractivity contribution is 6.30. The quantitative estimate of drug-likeness (QED) is 0.549. The minimum atomic E-state index is -0.596. The van der Waals surface area contributed by atoms with Crippen LogP contribution >= 0.6 is 11.6 Å². The van der Waals surface area contributed by atoms with E-state index in [1.54, 1.807) is 11.0 Å². The van der Waals surface area contributed by atoms with Gasteiger partial charge in [0.25, 0.3) is 5.91 Å². The van der Waals surface area contributed by atoms with Gasteiger partial charge in [-0.05, 0) is 43.2 Å². The number of likely N-dealkylation sites (tertiary alicyclic amines) is 1. The van der Waals surface area contributed by atoms with Crippen molar-refractivity contribution >= 4 is 29.1 Å². The van der Waals surface area contributed by atoms with Crippen LogP contribution in [0.1, 0.15) is 23.2 Å². The number of hydrogen-bond donors (Lipinski definition) is 1. The summed E-state index contributed by atoms with van der Waals surface area (Å²) in [6.45, 7) is 0.869.